The molecule has 1 aliphatic heterocycles. The first kappa shape index (κ1) is 11.3. The highest BCUT2D eigenvalue weighted by Crippen LogP contribution is 2.23. The number of rotatable bonds is 5. The second-order valence-corrected chi connectivity index (χ2v) is 4.18. The van der Waals surface area contributed by atoms with Crippen LogP contribution in [0.4, 0.5) is 5.69 Å². The molecular weight excluding hydrogens is 200 g/mol. The van der Waals surface area contributed by atoms with E-state index in [1.54, 1.807) is 7.11 Å². The summed E-state index contributed by atoms with van der Waals surface area (Å²) in [5.41, 5.74) is 1.33. The molecule has 0 fully saturated rings. The molecule has 1 aromatic carbocycles. The Balaban J connectivity index is 2.13. The van der Waals surface area contributed by atoms with Gasteiger partial charge in [0.1, 0.15) is 12.2 Å². The van der Waals surface area contributed by atoms with Crippen molar-refractivity contribution in [3.05, 3.63) is 30.3 Å². The summed E-state index contributed by atoms with van der Waals surface area (Å²) in [5, 5.41) is 0. The molecule has 0 saturated carbocycles. The van der Waals surface area contributed by atoms with E-state index in [2.05, 4.69) is 41.7 Å². The van der Waals surface area contributed by atoms with Crippen molar-refractivity contribution in [1.82, 2.24) is 4.48 Å². The first-order chi connectivity index (χ1) is 7.87. The molecule has 0 bridgehead atoms. The number of hydrogen-bond donors (Lipinski definition) is 0. The van der Waals surface area contributed by atoms with Crippen molar-refractivity contribution in [2.24, 2.45) is 4.99 Å². The number of hydrogen-bond acceptors (Lipinski definition) is 2. The first-order valence-corrected chi connectivity index (χ1v) is 5.80. The number of benzene rings is 1. The Morgan fingerprint density at radius 2 is 2.12 bits per heavy atom. The van der Waals surface area contributed by atoms with E-state index >= 15 is 0 Å². The molecule has 0 amide bonds. The molecule has 3 heteroatoms. The third-order valence-corrected chi connectivity index (χ3v) is 3.11. The average Bonchev–Trinajstić information content (AvgIpc) is 2.81. The lowest BCUT2D eigenvalue weighted by molar-refractivity contribution is 0.188. The summed E-state index contributed by atoms with van der Waals surface area (Å²) in [4.78, 5) is 4.40. The molecule has 0 saturated heterocycles. The van der Waals surface area contributed by atoms with Crippen LogP contribution in [0.15, 0.2) is 35.3 Å². The molecule has 0 radical (unpaired) electrons. The number of quaternary nitrogens is 1. The quantitative estimate of drug-likeness (QED) is 0.549. The normalized spacial score (nSPS) is 23.8. The largest absolute Gasteiger partial charge is 0.384 e. The lowest BCUT2D eigenvalue weighted by atomic mass is 10.2. The van der Waals surface area contributed by atoms with Gasteiger partial charge in [-0.2, -0.15) is 0 Å². The molecule has 2 rings (SSSR count). The Labute approximate surface area is 97.0 Å². The summed E-state index contributed by atoms with van der Waals surface area (Å²) >= 11 is 0. The molecule has 1 atom stereocenters. The van der Waals surface area contributed by atoms with E-state index in [9.17, 15) is 0 Å². The summed E-state index contributed by atoms with van der Waals surface area (Å²) in [6, 6.07) is 10.6. The van der Waals surface area contributed by atoms with E-state index in [1.807, 2.05) is 0 Å². The van der Waals surface area contributed by atoms with Gasteiger partial charge in [0.2, 0.25) is 0 Å². The molecule has 1 aromatic rings. The average molecular weight is 219 g/mol. The van der Waals surface area contributed by atoms with Crippen molar-refractivity contribution in [2.75, 3.05) is 33.4 Å². The molecule has 1 aliphatic rings. The highest BCUT2D eigenvalue weighted by atomic mass is 16.5. The molecule has 3 nitrogen and oxygen atoms in total. The molecule has 1 heterocycles. The Kier molecular flexibility index (Phi) is 3.70. The molecular formula is C13H19N2O+. The minimum Gasteiger partial charge on any atom is -0.384 e. The topological polar surface area (TPSA) is 21.6 Å². The standard InChI is InChI=1S/C13H19N2O/c1-16-11-5-9-15(10-8-14-12-15)13-6-3-2-4-7-13/h2-4,6-7,12H,5,8-11H2,1H3/q+1. The monoisotopic (exact) mass is 219 g/mol. The van der Waals surface area contributed by atoms with Gasteiger partial charge in [0, 0.05) is 13.5 Å². The second-order valence-electron chi connectivity index (χ2n) is 4.18. The van der Waals surface area contributed by atoms with Crippen LogP contribution in [0.25, 0.3) is 0 Å². The fourth-order valence-electron chi connectivity index (χ4n) is 2.22. The van der Waals surface area contributed by atoms with Gasteiger partial charge in [-0.25, -0.2) is 9.48 Å². The maximum atomic E-state index is 5.13. The van der Waals surface area contributed by atoms with Crippen molar-refractivity contribution in [1.29, 1.82) is 0 Å². The van der Waals surface area contributed by atoms with Gasteiger partial charge >= 0.3 is 0 Å². The van der Waals surface area contributed by atoms with Crippen molar-refractivity contribution in [3.8, 4) is 0 Å². The van der Waals surface area contributed by atoms with Crippen molar-refractivity contribution < 1.29 is 4.74 Å². The van der Waals surface area contributed by atoms with Gasteiger partial charge in [0.05, 0.1) is 19.7 Å². The van der Waals surface area contributed by atoms with Crippen LogP contribution in [0, 0.1) is 0 Å². The van der Waals surface area contributed by atoms with E-state index in [-0.39, 0.29) is 0 Å². The van der Waals surface area contributed by atoms with Crippen LogP contribution < -0.4 is 4.48 Å². The molecule has 0 aromatic heterocycles. The van der Waals surface area contributed by atoms with Gasteiger partial charge in [-0.05, 0) is 12.1 Å². The van der Waals surface area contributed by atoms with Crippen molar-refractivity contribution in [2.45, 2.75) is 6.42 Å². The molecule has 0 aliphatic carbocycles. The van der Waals surface area contributed by atoms with Crippen LogP contribution in [-0.2, 0) is 4.74 Å². The third kappa shape index (κ3) is 2.31. The number of aliphatic imine (C=N–C) groups is 1. The van der Waals surface area contributed by atoms with E-state index < -0.39 is 0 Å². The lowest BCUT2D eigenvalue weighted by Gasteiger charge is -2.29. The Hall–Kier alpha value is -1.19. The van der Waals surface area contributed by atoms with Gasteiger partial charge in [0.25, 0.3) is 0 Å². The number of nitrogens with zero attached hydrogens (tertiary/aromatic N) is 2. The van der Waals surface area contributed by atoms with Crippen LogP contribution in [0.1, 0.15) is 6.42 Å². The summed E-state index contributed by atoms with van der Waals surface area (Å²) in [6.45, 7) is 3.90. The van der Waals surface area contributed by atoms with Crippen LogP contribution in [-0.4, -0.2) is 39.7 Å². The number of methoxy groups -OCH3 is 1. The molecule has 0 spiro atoms. The zero-order valence-electron chi connectivity index (χ0n) is 9.80. The summed E-state index contributed by atoms with van der Waals surface area (Å²) in [6.07, 6.45) is 3.16. The van der Waals surface area contributed by atoms with E-state index in [0.717, 1.165) is 37.1 Å². The maximum absolute atomic E-state index is 5.13. The van der Waals surface area contributed by atoms with Crippen LogP contribution in [0.2, 0.25) is 0 Å². The van der Waals surface area contributed by atoms with Crippen molar-refractivity contribution >= 4 is 12.0 Å². The smallest absolute Gasteiger partial charge is 0.190 e. The molecule has 16 heavy (non-hydrogen) atoms. The Morgan fingerprint density at radius 1 is 1.31 bits per heavy atom. The van der Waals surface area contributed by atoms with Crippen LogP contribution in [0.5, 0.6) is 0 Å². The van der Waals surface area contributed by atoms with Gasteiger partial charge in [-0.3, -0.25) is 0 Å². The van der Waals surface area contributed by atoms with Crippen molar-refractivity contribution in [3.63, 3.8) is 0 Å². The maximum Gasteiger partial charge on any atom is 0.190 e. The first-order valence-electron chi connectivity index (χ1n) is 5.80. The summed E-state index contributed by atoms with van der Waals surface area (Å²) < 4.78 is 6.01. The third-order valence-electron chi connectivity index (χ3n) is 3.11. The van der Waals surface area contributed by atoms with Gasteiger partial charge < -0.3 is 4.74 Å². The van der Waals surface area contributed by atoms with Crippen LogP contribution in [0.3, 0.4) is 0 Å². The summed E-state index contributed by atoms with van der Waals surface area (Å²) in [7, 11) is 1.75. The fourth-order valence-corrected chi connectivity index (χ4v) is 2.22. The van der Waals surface area contributed by atoms with E-state index in [0.29, 0.717) is 0 Å². The Morgan fingerprint density at radius 3 is 2.75 bits per heavy atom. The highest BCUT2D eigenvalue weighted by molar-refractivity contribution is 5.75. The number of para-hydroxylation sites is 1. The van der Waals surface area contributed by atoms with Crippen LogP contribution >= 0.6 is 0 Å². The molecule has 1 unspecified atom stereocenters. The predicted octanol–water partition coefficient (Wildman–Crippen LogP) is 2.07. The SMILES string of the molecule is COCCC[N+]1(c2ccccc2)C=NCC1. The second kappa shape index (κ2) is 5.23. The fraction of sp³-hybridized carbons (Fsp3) is 0.462. The zero-order chi connectivity index (χ0) is 11.3. The number of ether oxygens (including phenoxy) is 1. The lowest BCUT2D eigenvalue weighted by Crippen LogP contribution is -2.47. The Bertz CT molecular complexity index is 350. The minimum atomic E-state index is 0.820. The predicted molar refractivity (Wildman–Crippen MR) is 67.8 cm³/mol. The minimum absolute atomic E-state index is 0.820. The summed E-state index contributed by atoms with van der Waals surface area (Å²) in [5.74, 6) is 0. The van der Waals surface area contributed by atoms with E-state index in [1.165, 1.54) is 5.69 Å². The molecule has 0 N–H and O–H groups in total. The van der Waals surface area contributed by atoms with Gasteiger partial charge in [-0.15, -0.1) is 0 Å². The van der Waals surface area contributed by atoms with Gasteiger partial charge in [-0.1, -0.05) is 18.2 Å². The van der Waals surface area contributed by atoms with E-state index in [4.69, 9.17) is 4.74 Å². The van der Waals surface area contributed by atoms with Gasteiger partial charge in [0.15, 0.2) is 6.34 Å². The highest BCUT2D eigenvalue weighted by Gasteiger charge is 2.31. The zero-order valence-corrected chi connectivity index (χ0v) is 9.80. The molecule has 86 valence electrons.